The molecular weight excluding hydrogens is 475 g/mol. The molecule has 2 amide bonds. The van der Waals surface area contributed by atoms with Gasteiger partial charge in [-0.15, -0.1) is 0 Å². The van der Waals surface area contributed by atoms with Crippen LogP contribution in [0.5, 0.6) is 0 Å². The van der Waals surface area contributed by atoms with Crippen LogP contribution in [0.25, 0.3) is 10.8 Å². The first kappa shape index (κ1) is 22.7. The molecule has 2 aliphatic rings. The van der Waals surface area contributed by atoms with Gasteiger partial charge >= 0.3 is 0 Å². The van der Waals surface area contributed by atoms with Crippen LogP contribution >= 0.6 is 23.8 Å². The molecule has 1 saturated heterocycles. The maximum absolute atomic E-state index is 14.1. The van der Waals surface area contributed by atoms with Crippen molar-refractivity contribution in [3.8, 4) is 0 Å². The number of rotatable bonds is 4. The van der Waals surface area contributed by atoms with E-state index in [1.807, 2.05) is 29.2 Å². The third kappa shape index (κ3) is 4.24. The zero-order chi connectivity index (χ0) is 23.8. The smallest absolute Gasteiger partial charge is 0.261 e. The molecule has 9 heteroatoms. The molecule has 34 heavy (non-hydrogen) atoms. The molecule has 174 valence electrons. The van der Waals surface area contributed by atoms with Gasteiger partial charge in [0, 0.05) is 60.8 Å². The lowest BCUT2D eigenvalue weighted by Crippen LogP contribution is -2.52. The fourth-order valence-electron chi connectivity index (χ4n) is 4.48. The number of imide groups is 1. The van der Waals surface area contributed by atoms with Gasteiger partial charge < -0.3 is 10.2 Å². The molecule has 3 aromatic carbocycles. The standard InChI is InChI=1S/C25H22ClFN4O2S/c26-17-7-8-21(20(27)15-17)28-25(34)30-12-9-29(10-13-30)11-14-31-23(32)18-5-1-3-16-4-2-6-19(22(16)18)24(31)33/h1-8,15H,9-14H2,(H,28,34). The second-order valence-corrected chi connectivity index (χ2v) is 9.18. The Morgan fingerprint density at radius 1 is 0.941 bits per heavy atom. The van der Waals surface area contributed by atoms with Crippen LogP contribution in [0, 0.1) is 5.82 Å². The largest absolute Gasteiger partial charge is 0.346 e. The fourth-order valence-corrected chi connectivity index (χ4v) is 4.94. The number of thiocarbonyl (C=S) groups is 1. The SMILES string of the molecule is O=C1c2cccc3cccc(c23)C(=O)N1CCN1CCN(C(=S)Nc2ccc(Cl)cc2F)CC1. The van der Waals surface area contributed by atoms with E-state index in [-0.39, 0.29) is 17.5 Å². The molecule has 0 spiro atoms. The van der Waals surface area contributed by atoms with E-state index in [1.54, 1.807) is 24.3 Å². The minimum absolute atomic E-state index is 0.247. The molecule has 0 aliphatic carbocycles. The van der Waals surface area contributed by atoms with Crippen LogP contribution in [0.15, 0.2) is 54.6 Å². The lowest BCUT2D eigenvalue weighted by atomic mass is 9.94. The third-order valence-electron chi connectivity index (χ3n) is 6.33. The molecule has 5 rings (SSSR count). The van der Waals surface area contributed by atoms with Gasteiger partial charge in [-0.1, -0.05) is 35.9 Å². The number of anilines is 1. The van der Waals surface area contributed by atoms with E-state index in [9.17, 15) is 14.0 Å². The van der Waals surface area contributed by atoms with E-state index < -0.39 is 5.82 Å². The highest BCUT2D eigenvalue weighted by atomic mass is 35.5. The number of nitrogens with zero attached hydrogens (tertiary/aromatic N) is 3. The van der Waals surface area contributed by atoms with E-state index in [4.69, 9.17) is 23.8 Å². The highest BCUT2D eigenvalue weighted by Crippen LogP contribution is 2.29. The molecular formula is C25H22ClFN4O2S. The molecule has 0 unspecified atom stereocenters. The number of carbonyl (C=O) groups excluding carboxylic acids is 2. The summed E-state index contributed by atoms with van der Waals surface area (Å²) >= 11 is 11.3. The van der Waals surface area contributed by atoms with Gasteiger partial charge in [-0.05, 0) is 47.9 Å². The van der Waals surface area contributed by atoms with Gasteiger partial charge in [0.2, 0.25) is 0 Å². The van der Waals surface area contributed by atoms with Crippen molar-refractivity contribution < 1.29 is 14.0 Å². The maximum Gasteiger partial charge on any atom is 0.261 e. The van der Waals surface area contributed by atoms with Gasteiger partial charge in [0.15, 0.2) is 5.11 Å². The topological polar surface area (TPSA) is 55.9 Å². The van der Waals surface area contributed by atoms with Crippen LogP contribution < -0.4 is 5.32 Å². The average Bonchev–Trinajstić information content (AvgIpc) is 2.84. The first-order valence-corrected chi connectivity index (χ1v) is 11.8. The molecule has 1 fully saturated rings. The van der Waals surface area contributed by atoms with E-state index in [1.165, 1.54) is 11.0 Å². The molecule has 2 aliphatic heterocycles. The van der Waals surface area contributed by atoms with Crippen molar-refractivity contribution in [2.75, 3.05) is 44.6 Å². The van der Waals surface area contributed by atoms with Crippen molar-refractivity contribution in [2.24, 2.45) is 0 Å². The molecule has 1 N–H and O–H groups in total. The Hall–Kier alpha value is -3.07. The van der Waals surface area contributed by atoms with Crippen LogP contribution in [0.3, 0.4) is 0 Å². The second-order valence-electron chi connectivity index (χ2n) is 8.35. The molecule has 0 radical (unpaired) electrons. The summed E-state index contributed by atoms with van der Waals surface area (Å²) in [5.74, 6) is -0.951. The Morgan fingerprint density at radius 2 is 1.59 bits per heavy atom. The van der Waals surface area contributed by atoms with Crippen molar-refractivity contribution in [1.29, 1.82) is 0 Å². The predicted molar refractivity (Wildman–Crippen MR) is 135 cm³/mol. The number of amides is 2. The molecule has 6 nitrogen and oxygen atoms in total. The molecule has 2 heterocycles. The van der Waals surface area contributed by atoms with Gasteiger partial charge in [-0.25, -0.2) is 4.39 Å². The number of halogens is 2. The first-order valence-electron chi connectivity index (χ1n) is 11.0. The number of hydrogen-bond donors (Lipinski definition) is 1. The van der Waals surface area contributed by atoms with Gasteiger partial charge in [0.05, 0.1) is 5.69 Å². The Bertz CT molecular complexity index is 1260. The molecule has 0 atom stereocenters. The van der Waals surface area contributed by atoms with E-state index in [0.717, 1.165) is 10.8 Å². The molecule has 0 aromatic heterocycles. The molecule has 0 bridgehead atoms. The summed E-state index contributed by atoms with van der Waals surface area (Å²) in [6.45, 7) is 3.65. The zero-order valence-electron chi connectivity index (χ0n) is 18.3. The van der Waals surface area contributed by atoms with E-state index in [0.29, 0.717) is 60.5 Å². The Kier molecular flexibility index (Phi) is 6.20. The third-order valence-corrected chi connectivity index (χ3v) is 6.92. The maximum atomic E-state index is 14.1. The van der Waals surface area contributed by atoms with Crippen LogP contribution in [-0.4, -0.2) is 70.9 Å². The second kappa shape index (κ2) is 9.29. The Labute approximate surface area is 206 Å². The predicted octanol–water partition coefficient (Wildman–Crippen LogP) is 4.24. The zero-order valence-corrected chi connectivity index (χ0v) is 19.8. The van der Waals surface area contributed by atoms with E-state index >= 15 is 0 Å². The van der Waals surface area contributed by atoms with Gasteiger partial charge in [-0.3, -0.25) is 19.4 Å². The number of benzene rings is 3. The molecule has 0 saturated carbocycles. The number of hydrogen-bond acceptors (Lipinski definition) is 4. The van der Waals surface area contributed by atoms with Crippen molar-refractivity contribution in [2.45, 2.75) is 0 Å². The number of piperazine rings is 1. The summed E-state index contributed by atoms with van der Waals surface area (Å²) in [7, 11) is 0. The summed E-state index contributed by atoms with van der Waals surface area (Å²) in [5.41, 5.74) is 1.43. The summed E-state index contributed by atoms with van der Waals surface area (Å²) in [6.07, 6.45) is 0. The number of nitrogens with one attached hydrogen (secondary N) is 1. The van der Waals surface area contributed by atoms with Crippen LogP contribution in [0.2, 0.25) is 5.02 Å². The van der Waals surface area contributed by atoms with E-state index in [2.05, 4.69) is 10.2 Å². The summed E-state index contributed by atoms with van der Waals surface area (Å²) in [6, 6.07) is 15.5. The number of carbonyl (C=O) groups is 2. The minimum atomic E-state index is -0.457. The van der Waals surface area contributed by atoms with Crippen molar-refractivity contribution >= 4 is 57.2 Å². The lowest BCUT2D eigenvalue weighted by Gasteiger charge is -2.37. The average molecular weight is 497 g/mol. The lowest BCUT2D eigenvalue weighted by molar-refractivity contribution is 0.0583. The van der Waals surface area contributed by atoms with Crippen molar-refractivity contribution in [3.05, 3.63) is 76.6 Å². The first-order chi connectivity index (χ1) is 16.4. The van der Waals surface area contributed by atoms with Crippen LogP contribution in [0.1, 0.15) is 20.7 Å². The highest BCUT2D eigenvalue weighted by molar-refractivity contribution is 7.80. The summed E-state index contributed by atoms with van der Waals surface area (Å²) < 4.78 is 14.1. The summed E-state index contributed by atoms with van der Waals surface area (Å²) in [5, 5.41) is 5.36. The Morgan fingerprint density at radius 3 is 2.21 bits per heavy atom. The Balaban J connectivity index is 1.18. The van der Waals surface area contributed by atoms with Crippen molar-refractivity contribution in [3.63, 3.8) is 0 Å². The monoisotopic (exact) mass is 496 g/mol. The summed E-state index contributed by atoms with van der Waals surface area (Å²) in [4.78, 5) is 31.7. The fraction of sp³-hybridized carbons (Fsp3) is 0.240. The van der Waals surface area contributed by atoms with Gasteiger partial charge in [0.1, 0.15) is 5.82 Å². The normalized spacial score (nSPS) is 16.3. The van der Waals surface area contributed by atoms with Gasteiger partial charge in [0.25, 0.3) is 11.8 Å². The van der Waals surface area contributed by atoms with Gasteiger partial charge in [-0.2, -0.15) is 0 Å². The quantitative estimate of drug-likeness (QED) is 0.430. The van der Waals surface area contributed by atoms with Crippen molar-refractivity contribution in [1.82, 2.24) is 14.7 Å². The molecule has 3 aromatic rings. The van der Waals surface area contributed by atoms with Crippen LogP contribution in [0.4, 0.5) is 10.1 Å². The van der Waals surface area contributed by atoms with Crippen LogP contribution in [-0.2, 0) is 0 Å². The highest BCUT2D eigenvalue weighted by Gasteiger charge is 2.33. The minimum Gasteiger partial charge on any atom is -0.346 e.